The summed E-state index contributed by atoms with van der Waals surface area (Å²) in [5, 5.41) is 3.34. The first-order valence-electron chi connectivity index (χ1n) is 6.12. The van der Waals surface area contributed by atoms with Crippen molar-refractivity contribution >= 4 is 17.5 Å². The van der Waals surface area contributed by atoms with Crippen molar-refractivity contribution in [2.24, 2.45) is 5.92 Å². The monoisotopic (exact) mass is 255 g/mol. The van der Waals surface area contributed by atoms with Crippen molar-refractivity contribution in [3.63, 3.8) is 0 Å². The number of halogens is 1. The summed E-state index contributed by atoms with van der Waals surface area (Å²) in [5.74, 6) is 1.66. The minimum absolute atomic E-state index is 0.472. The average Bonchev–Trinajstić information content (AvgIpc) is 2.39. The number of aromatic nitrogens is 2. The van der Waals surface area contributed by atoms with Crippen LogP contribution < -0.4 is 10.1 Å². The lowest BCUT2D eigenvalue weighted by Crippen LogP contribution is -2.16. The van der Waals surface area contributed by atoms with Crippen LogP contribution in [-0.2, 0) is 0 Å². The van der Waals surface area contributed by atoms with Crippen LogP contribution >= 0.6 is 11.6 Å². The molecule has 1 aromatic heterocycles. The third-order valence-electron chi connectivity index (χ3n) is 3.12. The van der Waals surface area contributed by atoms with E-state index < -0.39 is 0 Å². The SMILES string of the molecule is CNc1ncc(Cl)c(OCC2CCCCC2)n1. The zero-order valence-corrected chi connectivity index (χ0v) is 10.8. The smallest absolute Gasteiger partial charge is 0.237 e. The van der Waals surface area contributed by atoms with E-state index in [0.717, 1.165) is 0 Å². The van der Waals surface area contributed by atoms with Crippen LogP contribution in [0.25, 0.3) is 0 Å². The summed E-state index contributed by atoms with van der Waals surface area (Å²) in [6.07, 6.45) is 8.05. The lowest BCUT2D eigenvalue weighted by Gasteiger charge is -2.21. The molecule has 0 bridgehead atoms. The highest BCUT2D eigenvalue weighted by molar-refractivity contribution is 6.31. The van der Waals surface area contributed by atoms with Gasteiger partial charge < -0.3 is 10.1 Å². The van der Waals surface area contributed by atoms with Gasteiger partial charge in [-0.05, 0) is 18.8 Å². The van der Waals surface area contributed by atoms with Gasteiger partial charge in [-0.25, -0.2) is 4.98 Å². The van der Waals surface area contributed by atoms with Gasteiger partial charge in [0.05, 0.1) is 12.8 Å². The van der Waals surface area contributed by atoms with Gasteiger partial charge in [-0.1, -0.05) is 30.9 Å². The molecular formula is C12H18ClN3O. The number of ether oxygens (including phenoxy) is 1. The molecule has 5 heteroatoms. The van der Waals surface area contributed by atoms with Gasteiger partial charge in [0.1, 0.15) is 5.02 Å². The molecule has 1 N–H and O–H groups in total. The topological polar surface area (TPSA) is 47.0 Å². The van der Waals surface area contributed by atoms with Crippen LogP contribution in [0.3, 0.4) is 0 Å². The lowest BCUT2D eigenvalue weighted by molar-refractivity contribution is 0.203. The van der Waals surface area contributed by atoms with Gasteiger partial charge in [-0.15, -0.1) is 0 Å². The number of rotatable bonds is 4. The summed E-state index contributed by atoms with van der Waals surface area (Å²) < 4.78 is 5.70. The predicted octanol–water partition coefficient (Wildman–Crippen LogP) is 3.13. The molecule has 0 atom stereocenters. The van der Waals surface area contributed by atoms with Crippen LogP contribution in [0.5, 0.6) is 5.88 Å². The molecule has 1 saturated carbocycles. The quantitative estimate of drug-likeness (QED) is 0.898. The van der Waals surface area contributed by atoms with Crippen molar-refractivity contribution < 1.29 is 4.74 Å². The lowest BCUT2D eigenvalue weighted by atomic mass is 9.90. The Balaban J connectivity index is 1.92. The fourth-order valence-corrected chi connectivity index (χ4v) is 2.27. The highest BCUT2D eigenvalue weighted by Crippen LogP contribution is 2.26. The molecule has 94 valence electrons. The molecule has 1 heterocycles. The molecule has 1 aliphatic rings. The van der Waals surface area contributed by atoms with Crippen molar-refractivity contribution in [3.8, 4) is 5.88 Å². The number of hydrogen-bond acceptors (Lipinski definition) is 4. The number of hydrogen-bond donors (Lipinski definition) is 1. The molecule has 1 aromatic rings. The van der Waals surface area contributed by atoms with Gasteiger partial charge in [0.15, 0.2) is 0 Å². The second-order valence-corrected chi connectivity index (χ2v) is 4.82. The van der Waals surface area contributed by atoms with Gasteiger partial charge in [0, 0.05) is 7.05 Å². The molecule has 1 aliphatic carbocycles. The highest BCUT2D eigenvalue weighted by Gasteiger charge is 2.15. The van der Waals surface area contributed by atoms with Gasteiger partial charge in [-0.2, -0.15) is 4.98 Å². The molecule has 4 nitrogen and oxygen atoms in total. The average molecular weight is 256 g/mol. The summed E-state index contributed by atoms with van der Waals surface area (Å²) in [4.78, 5) is 8.22. The minimum atomic E-state index is 0.472. The van der Waals surface area contributed by atoms with Crippen LogP contribution in [-0.4, -0.2) is 23.6 Å². The van der Waals surface area contributed by atoms with Crippen molar-refractivity contribution in [2.75, 3.05) is 19.0 Å². The zero-order valence-electron chi connectivity index (χ0n) is 10.1. The number of nitrogens with zero attached hydrogens (tertiary/aromatic N) is 2. The maximum absolute atomic E-state index is 5.99. The first-order valence-corrected chi connectivity index (χ1v) is 6.50. The van der Waals surface area contributed by atoms with Crippen LogP contribution in [0.2, 0.25) is 5.02 Å². The second-order valence-electron chi connectivity index (χ2n) is 4.41. The molecule has 2 rings (SSSR count). The summed E-state index contributed by atoms with van der Waals surface area (Å²) in [6, 6.07) is 0. The van der Waals surface area contributed by atoms with E-state index in [9.17, 15) is 0 Å². The Morgan fingerprint density at radius 3 is 2.88 bits per heavy atom. The fourth-order valence-electron chi connectivity index (χ4n) is 2.12. The minimum Gasteiger partial charge on any atom is -0.476 e. The molecule has 1 fully saturated rings. The highest BCUT2D eigenvalue weighted by atomic mass is 35.5. The summed E-state index contributed by atoms with van der Waals surface area (Å²) >= 11 is 5.99. The van der Waals surface area contributed by atoms with E-state index in [4.69, 9.17) is 16.3 Å². The summed E-state index contributed by atoms with van der Waals surface area (Å²) in [7, 11) is 1.77. The van der Waals surface area contributed by atoms with Gasteiger partial charge >= 0.3 is 0 Å². The Labute approximate surface area is 107 Å². The van der Waals surface area contributed by atoms with E-state index in [1.54, 1.807) is 13.2 Å². The summed E-state index contributed by atoms with van der Waals surface area (Å²) in [6.45, 7) is 0.708. The van der Waals surface area contributed by atoms with Crippen LogP contribution in [0.1, 0.15) is 32.1 Å². The molecule has 0 unspecified atom stereocenters. The third kappa shape index (κ3) is 3.46. The van der Waals surface area contributed by atoms with E-state index in [2.05, 4.69) is 15.3 Å². The second kappa shape index (κ2) is 6.05. The van der Waals surface area contributed by atoms with Crippen molar-refractivity contribution in [1.82, 2.24) is 9.97 Å². The van der Waals surface area contributed by atoms with Crippen LogP contribution in [0.4, 0.5) is 5.95 Å². The first-order chi connectivity index (χ1) is 8.29. The van der Waals surface area contributed by atoms with Gasteiger partial charge in [0.2, 0.25) is 11.8 Å². The van der Waals surface area contributed by atoms with E-state index in [1.165, 1.54) is 32.1 Å². The number of anilines is 1. The Bertz CT molecular complexity index is 367. The van der Waals surface area contributed by atoms with E-state index >= 15 is 0 Å². The molecule has 0 radical (unpaired) electrons. The Hall–Kier alpha value is -1.03. The van der Waals surface area contributed by atoms with Crippen LogP contribution in [0.15, 0.2) is 6.20 Å². The Morgan fingerprint density at radius 2 is 2.18 bits per heavy atom. The standard InChI is InChI=1S/C12H18ClN3O/c1-14-12-15-7-10(13)11(16-12)17-8-9-5-3-2-4-6-9/h7,9H,2-6,8H2,1H3,(H,14,15,16). The molecule has 0 amide bonds. The number of nitrogens with one attached hydrogen (secondary N) is 1. The predicted molar refractivity (Wildman–Crippen MR) is 68.7 cm³/mol. The molecule has 0 aliphatic heterocycles. The Morgan fingerprint density at radius 1 is 1.41 bits per heavy atom. The normalized spacial score (nSPS) is 16.8. The van der Waals surface area contributed by atoms with Crippen molar-refractivity contribution in [2.45, 2.75) is 32.1 Å². The maximum atomic E-state index is 5.99. The van der Waals surface area contributed by atoms with E-state index in [1.807, 2.05) is 0 Å². The van der Waals surface area contributed by atoms with Crippen molar-refractivity contribution in [3.05, 3.63) is 11.2 Å². The molecule has 17 heavy (non-hydrogen) atoms. The van der Waals surface area contributed by atoms with Crippen LogP contribution in [0, 0.1) is 5.92 Å². The fraction of sp³-hybridized carbons (Fsp3) is 0.667. The van der Waals surface area contributed by atoms with Gasteiger partial charge in [0.25, 0.3) is 0 Å². The molecule has 0 spiro atoms. The molecular weight excluding hydrogens is 238 g/mol. The molecule has 0 aromatic carbocycles. The third-order valence-corrected chi connectivity index (χ3v) is 3.38. The van der Waals surface area contributed by atoms with E-state index in [0.29, 0.717) is 29.4 Å². The van der Waals surface area contributed by atoms with E-state index in [-0.39, 0.29) is 0 Å². The van der Waals surface area contributed by atoms with Crippen molar-refractivity contribution in [1.29, 1.82) is 0 Å². The maximum Gasteiger partial charge on any atom is 0.237 e. The molecule has 0 saturated heterocycles. The van der Waals surface area contributed by atoms with Gasteiger partial charge in [-0.3, -0.25) is 0 Å². The Kier molecular flexibility index (Phi) is 4.42. The zero-order chi connectivity index (χ0) is 12.1. The summed E-state index contributed by atoms with van der Waals surface area (Å²) in [5.41, 5.74) is 0. The first kappa shape index (κ1) is 12.4. The largest absolute Gasteiger partial charge is 0.476 e.